The zero-order valence-corrected chi connectivity index (χ0v) is 20.0. The number of benzene rings is 1. The van der Waals surface area contributed by atoms with E-state index in [2.05, 4.69) is 67.5 Å². The Morgan fingerprint density at radius 3 is 1.80 bits per heavy atom. The SMILES string of the molecule is CC1(C)OB(CC(CCOCc2ccccc2)B2OC(C)(C)C(C)(C)O2)OC1(C)C. The summed E-state index contributed by atoms with van der Waals surface area (Å²) in [6.45, 7) is 17.9. The maximum Gasteiger partial charge on any atom is 0.460 e. The van der Waals surface area contributed by atoms with Crippen molar-refractivity contribution >= 4 is 14.2 Å². The van der Waals surface area contributed by atoms with Crippen LogP contribution < -0.4 is 0 Å². The Morgan fingerprint density at radius 1 is 0.767 bits per heavy atom. The van der Waals surface area contributed by atoms with Crippen molar-refractivity contribution < 1.29 is 23.4 Å². The summed E-state index contributed by atoms with van der Waals surface area (Å²) in [4.78, 5) is 0. The maximum atomic E-state index is 6.37. The van der Waals surface area contributed by atoms with Crippen LogP contribution in [-0.2, 0) is 30.0 Å². The lowest BCUT2D eigenvalue weighted by Gasteiger charge is -2.32. The summed E-state index contributed by atoms with van der Waals surface area (Å²) in [5, 5.41) is 0. The predicted octanol–water partition coefficient (Wildman–Crippen LogP) is 5.15. The minimum absolute atomic E-state index is 0.108. The standard InChI is InChI=1S/C23H38B2O5/c1-20(2)21(3,4)28-24(27-20)16-19(25-29-22(5,6)23(7,8)30-25)14-15-26-17-18-12-10-9-11-13-18/h9-13,19H,14-17H2,1-8H3. The van der Waals surface area contributed by atoms with Gasteiger partial charge in [-0.1, -0.05) is 30.3 Å². The minimum Gasteiger partial charge on any atom is -0.403 e. The van der Waals surface area contributed by atoms with Crippen molar-refractivity contribution in [3.63, 3.8) is 0 Å². The fourth-order valence-corrected chi connectivity index (χ4v) is 3.75. The average Bonchev–Trinajstić information content (AvgIpc) is 2.97. The highest BCUT2D eigenvalue weighted by Crippen LogP contribution is 2.45. The van der Waals surface area contributed by atoms with Gasteiger partial charge >= 0.3 is 14.2 Å². The van der Waals surface area contributed by atoms with E-state index in [0.717, 1.165) is 6.42 Å². The second-order valence-corrected chi connectivity index (χ2v) is 10.6. The molecule has 1 aromatic carbocycles. The van der Waals surface area contributed by atoms with E-state index in [4.69, 9.17) is 23.4 Å². The molecule has 0 spiro atoms. The van der Waals surface area contributed by atoms with Gasteiger partial charge < -0.3 is 23.4 Å². The molecule has 2 saturated heterocycles. The van der Waals surface area contributed by atoms with Gasteiger partial charge in [-0.05, 0) is 79.5 Å². The molecule has 0 bridgehead atoms. The first-order valence-corrected chi connectivity index (χ1v) is 11.2. The highest BCUT2D eigenvalue weighted by Gasteiger charge is 2.56. The van der Waals surface area contributed by atoms with Gasteiger partial charge in [-0.2, -0.15) is 0 Å². The summed E-state index contributed by atoms with van der Waals surface area (Å²) >= 11 is 0. The summed E-state index contributed by atoms with van der Waals surface area (Å²) in [5.41, 5.74) is -0.243. The summed E-state index contributed by atoms with van der Waals surface area (Å²) < 4.78 is 31.2. The van der Waals surface area contributed by atoms with Crippen LogP contribution in [0.5, 0.6) is 0 Å². The molecule has 0 N–H and O–H groups in total. The zero-order valence-electron chi connectivity index (χ0n) is 20.0. The monoisotopic (exact) mass is 416 g/mol. The molecule has 0 aromatic heterocycles. The van der Waals surface area contributed by atoms with Crippen LogP contribution in [0.2, 0.25) is 12.1 Å². The molecule has 2 aliphatic heterocycles. The third-order valence-corrected chi connectivity index (χ3v) is 7.20. The normalized spacial score (nSPS) is 24.9. The first-order chi connectivity index (χ1) is 13.8. The number of hydrogen-bond acceptors (Lipinski definition) is 5. The Labute approximate surface area is 183 Å². The van der Waals surface area contributed by atoms with Crippen LogP contribution >= 0.6 is 0 Å². The average molecular weight is 416 g/mol. The minimum atomic E-state index is -0.364. The van der Waals surface area contributed by atoms with Crippen molar-refractivity contribution in [2.24, 2.45) is 0 Å². The van der Waals surface area contributed by atoms with E-state index in [1.165, 1.54) is 5.56 Å². The van der Waals surface area contributed by atoms with Gasteiger partial charge in [0.15, 0.2) is 0 Å². The molecule has 0 saturated carbocycles. The van der Waals surface area contributed by atoms with E-state index < -0.39 is 0 Å². The highest BCUT2D eigenvalue weighted by molar-refractivity contribution is 6.53. The second-order valence-electron chi connectivity index (χ2n) is 10.6. The van der Waals surface area contributed by atoms with Crippen LogP contribution in [0.3, 0.4) is 0 Å². The summed E-state index contributed by atoms with van der Waals surface area (Å²) in [5.74, 6) is 0.108. The van der Waals surface area contributed by atoms with Gasteiger partial charge in [-0.25, -0.2) is 0 Å². The Balaban J connectivity index is 1.63. The second kappa shape index (κ2) is 8.59. The van der Waals surface area contributed by atoms with Gasteiger partial charge in [0.25, 0.3) is 0 Å². The molecule has 2 aliphatic rings. The Hall–Kier alpha value is -0.850. The van der Waals surface area contributed by atoms with Crippen LogP contribution in [-0.4, -0.2) is 43.2 Å². The molecule has 2 fully saturated rings. The Kier molecular flexibility index (Phi) is 6.82. The van der Waals surface area contributed by atoms with Crippen LogP contribution in [0.1, 0.15) is 67.4 Å². The molecule has 7 heteroatoms. The highest BCUT2D eigenvalue weighted by atomic mass is 16.7. The first-order valence-electron chi connectivity index (χ1n) is 11.2. The molecule has 5 nitrogen and oxygen atoms in total. The molecule has 0 amide bonds. The molecule has 2 heterocycles. The number of hydrogen-bond donors (Lipinski definition) is 0. The molecule has 1 aromatic rings. The lowest BCUT2D eigenvalue weighted by atomic mass is 9.60. The summed E-state index contributed by atoms with van der Waals surface area (Å²) in [6, 6.07) is 10.2. The number of ether oxygens (including phenoxy) is 1. The van der Waals surface area contributed by atoms with Gasteiger partial charge in [0, 0.05) is 6.61 Å². The van der Waals surface area contributed by atoms with Crippen molar-refractivity contribution in [2.45, 2.75) is 103 Å². The van der Waals surface area contributed by atoms with Crippen LogP contribution in [0.4, 0.5) is 0 Å². The van der Waals surface area contributed by atoms with E-state index >= 15 is 0 Å². The third-order valence-electron chi connectivity index (χ3n) is 7.20. The molecule has 1 unspecified atom stereocenters. The lowest BCUT2D eigenvalue weighted by molar-refractivity contribution is 0.00578. The number of rotatable bonds is 8. The quantitative estimate of drug-likeness (QED) is 0.434. The van der Waals surface area contributed by atoms with Gasteiger partial charge in [-0.3, -0.25) is 0 Å². The Bertz CT molecular complexity index is 673. The smallest absolute Gasteiger partial charge is 0.403 e. The Morgan fingerprint density at radius 2 is 1.27 bits per heavy atom. The molecule has 3 rings (SSSR count). The third kappa shape index (κ3) is 5.13. The largest absolute Gasteiger partial charge is 0.460 e. The molecule has 30 heavy (non-hydrogen) atoms. The molecule has 166 valence electrons. The lowest BCUT2D eigenvalue weighted by Crippen LogP contribution is -2.41. The molecule has 1 atom stereocenters. The van der Waals surface area contributed by atoms with E-state index in [1.54, 1.807) is 0 Å². The van der Waals surface area contributed by atoms with E-state index in [0.29, 0.717) is 19.5 Å². The van der Waals surface area contributed by atoms with E-state index in [-0.39, 0.29) is 42.5 Å². The maximum absolute atomic E-state index is 6.37. The van der Waals surface area contributed by atoms with Gasteiger partial charge in [0.1, 0.15) is 0 Å². The van der Waals surface area contributed by atoms with Gasteiger partial charge in [-0.15, -0.1) is 0 Å². The van der Waals surface area contributed by atoms with Gasteiger partial charge in [0.2, 0.25) is 0 Å². The molecular formula is C23H38B2O5. The topological polar surface area (TPSA) is 46.2 Å². The van der Waals surface area contributed by atoms with Crippen molar-refractivity contribution in [2.75, 3.05) is 6.61 Å². The summed E-state index contributed by atoms with van der Waals surface area (Å²) in [7, 11) is -0.595. The first kappa shape index (κ1) is 23.8. The van der Waals surface area contributed by atoms with Gasteiger partial charge in [0.05, 0.1) is 29.0 Å². The molecule has 0 aliphatic carbocycles. The van der Waals surface area contributed by atoms with Crippen LogP contribution in [0.25, 0.3) is 0 Å². The van der Waals surface area contributed by atoms with Crippen molar-refractivity contribution in [1.82, 2.24) is 0 Å². The van der Waals surface area contributed by atoms with E-state index in [1.807, 2.05) is 18.2 Å². The molecular weight excluding hydrogens is 378 g/mol. The predicted molar refractivity (Wildman–Crippen MR) is 121 cm³/mol. The molecule has 0 radical (unpaired) electrons. The van der Waals surface area contributed by atoms with E-state index in [9.17, 15) is 0 Å². The fourth-order valence-electron chi connectivity index (χ4n) is 3.75. The van der Waals surface area contributed by atoms with Crippen LogP contribution in [0.15, 0.2) is 30.3 Å². The summed E-state index contributed by atoms with van der Waals surface area (Å²) in [6.07, 6.45) is 1.52. The van der Waals surface area contributed by atoms with Crippen molar-refractivity contribution in [1.29, 1.82) is 0 Å². The van der Waals surface area contributed by atoms with Crippen molar-refractivity contribution in [3.8, 4) is 0 Å². The van der Waals surface area contributed by atoms with Crippen LogP contribution in [0, 0.1) is 0 Å². The zero-order chi connectivity index (χ0) is 22.2. The fraction of sp³-hybridized carbons (Fsp3) is 0.739. The van der Waals surface area contributed by atoms with Crippen molar-refractivity contribution in [3.05, 3.63) is 35.9 Å².